The Bertz CT molecular complexity index is 1640. The van der Waals surface area contributed by atoms with E-state index in [2.05, 4.69) is 26.1 Å². The summed E-state index contributed by atoms with van der Waals surface area (Å²) >= 11 is 26.4. The first-order valence-electron chi connectivity index (χ1n) is 13.6. The highest BCUT2D eigenvalue weighted by atomic mass is 35.5. The SMILES string of the molecule is CC(C)(C)[C@H]1CCc2c(sc(N=Cc3cc(Cl)ccc3OCc3ccc(Cl)cc3Cl)c2C(=O)Nc2ccc(Cl)cc2)C1. The Morgan fingerprint density at radius 3 is 2.40 bits per heavy atom. The van der Waals surface area contributed by atoms with Crippen molar-refractivity contribution in [2.45, 2.75) is 46.6 Å². The number of benzene rings is 3. The molecule has 1 aliphatic carbocycles. The summed E-state index contributed by atoms with van der Waals surface area (Å²) in [6.45, 7) is 7.08. The van der Waals surface area contributed by atoms with Gasteiger partial charge in [0.1, 0.15) is 17.4 Å². The first kappa shape index (κ1) is 30.9. The number of carbonyl (C=O) groups excluding carboxylic acids is 1. The van der Waals surface area contributed by atoms with E-state index in [4.69, 9.17) is 56.1 Å². The Morgan fingerprint density at radius 1 is 1.00 bits per heavy atom. The molecule has 42 heavy (non-hydrogen) atoms. The Balaban J connectivity index is 1.47. The van der Waals surface area contributed by atoms with Crippen molar-refractivity contribution in [2.75, 3.05) is 5.32 Å². The predicted octanol–water partition coefficient (Wildman–Crippen LogP) is 11.1. The molecule has 218 valence electrons. The number of nitrogens with zero attached hydrogens (tertiary/aromatic N) is 1. The molecule has 5 rings (SSSR count). The van der Waals surface area contributed by atoms with Crippen LogP contribution in [-0.4, -0.2) is 12.1 Å². The number of hydrogen-bond donors (Lipinski definition) is 1. The minimum absolute atomic E-state index is 0.177. The van der Waals surface area contributed by atoms with Crippen LogP contribution in [0.3, 0.4) is 0 Å². The third kappa shape index (κ3) is 7.32. The molecule has 1 amide bonds. The van der Waals surface area contributed by atoms with Crippen molar-refractivity contribution < 1.29 is 9.53 Å². The number of thiophene rings is 1. The first-order chi connectivity index (χ1) is 20.0. The van der Waals surface area contributed by atoms with Gasteiger partial charge in [-0.25, -0.2) is 4.99 Å². The van der Waals surface area contributed by atoms with Gasteiger partial charge in [0.2, 0.25) is 0 Å². The van der Waals surface area contributed by atoms with E-state index in [0.29, 0.717) is 53.6 Å². The number of anilines is 1. The smallest absolute Gasteiger partial charge is 0.259 e. The molecule has 0 saturated carbocycles. The minimum atomic E-state index is -0.184. The van der Waals surface area contributed by atoms with Crippen molar-refractivity contribution in [3.63, 3.8) is 0 Å². The van der Waals surface area contributed by atoms with Crippen LogP contribution in [-0.2, 0) is 19.4 Å². The number of amides is 1. The molecule has 4 nitrogen and oxygen atoms in total. The van der Waals surface area contributed by atoms with Crippen molar-refractivity contribution in [1.29, 1.82) is 0 Å². The number of ether oxygens (including phenoxy) is 1. The van der Waals surface area contributed by atoms with Crippen LogP contribution in [0, 0.1) is 11.3 Å². The lowest BCUT2D eigenvalue weighted by atomic mass is 9.72. The summed E-state index contributed by atoms with van der Waals surface area (Å²) in [6, 6.07) is 17.7. The van der Waals surface area contributed by atoms with Gasteiger partial charge in [-0.15, -0.1) is 11.3 Å². The van der Waals surface area contributed by atoms with Gasteiger partial charge in [0, 0.05) is 48.0 Å². The first-order valence-corrected chi connectivity index (χ1v) is 15.9. The molecule has 0 fully saturated rings. The number of aliphatic imine (C=N–C) groups is 1. The van der Waals surface area contributed by atoms with Crippen molar-refractivity contribution in [3.8, 4) is 5.75 Å². The lowest BCUT2D eigenvalue weighted by molar-refractivity contribution is 0.102. The maximum absolute atomic E-state index is 13.7. The van der Waals surface area contributed by atoms with E-state index < -0.39 is 0 Å². The summed E-state index contributed by atoms with van der Waals surface area (Å²) in [6.07, 6.45) is 4.49. The van der Waals surface area contributed by atoms with Crippen LogP contribution in [0.15, 0.2) is 65.7 Å². The molecular weight excluding hydrogens is 630 g/mol. The fraction of sp³-hybridized carbons (Fsp3) is 0.273. The summed E-state index contributed by atoms with van der Waals surface area (Å²) in [4.78, 5) is 19.8. The van der Waals surface area contributed by atoms with E-state index in [-0.39, 0.29) is 17.9 Å². The van der Waals surface area contributed by atoms with Gasteiger partial charge in [0.05, 0.1) is 5.56 Å². The zero-order valence-electron chi connectivity index (χ0n) is 23.4. The molecule has 1 aromatic heterocycles. The van der Waals surface area contributed by atoms with Crippen LogP contribution in [0.5, 0.6) is 5.75 Å². The molecule has 0 aliphatic heterocycles. The van der Waals surface area contributed by atoms with Crippen LogP contribution < -0.4 is 10.1 Å². The van der Waals surface area contributed by atoms with Crippen molar-refractivity contribution in [2.24, 2.45) is 16.3 Å². The molecule has 1 N–H and O–H groups in total. The second kappa shape index (κ2) is 13.0. The monoisotopic (exact) mass is 658 g/mol. The maximum atomic E-state index is 13.7. The fourth-order valence-electron chi connectivity index (χ4n) is 5.04. The standard InChI is InChI=1S/C33H30Cl4N2O2S/c1-33(2,3)21-5-12-26-29(15-21)42-32(30(26)31(40)39-25-10-7-22(34)8-11-25)38-17-20-14-23(35)9-13-28(20)41-18-19-4-6-24(36)16-27(19)37/h4,6-11,13-14,16-17,21H,5,12,15,18H2,1-3H3,(H,39,40)/t21-/m0/s1. The van der Waals surface area contributed by atoms with E-state index in [1.807, 2.05) is 6.07 Å². The number of hydrogen-bond acceptors (Lipinski definition) is 4. The Kier molecular flexibility index (Phi) is 9.56. The Labute approximate surface area is 270 Å². The zero-order chi connectivity index (χ0) is 30.0. The predicted molar refractivity (Wildman–Crippen MR) is 178 cm³/mol. The average molecular weight is 660 g/mol. The molecule has 0 bridgehead atoms. The Hall–Kier alpha value is -2.54. The minimum Gasteiger partial charge on any atom is -0.488 e. The van der Waals surface area contributed by atoms with E-state index in [1.54, 1.807) is 72.1 Å². The number of halogens is 4. The summed E-state index contributed by atoms with van der Waals surface area (Å²) in [5.74, 6) is 0.937. The third-order valence-corrected chi connectivity index (χ3v) is 9.73. The van der Waals surface area contributed by atoms with E-state index in [9.17, 15) is 4.79 Å². The van der Waals surface area contributed by atoms with Gasteiger partial charge >= 0.3 is 0 Å². The third-order valence-electron chi connectivity index (χ3n) is 7.49. The molecule has 1 heterocycles. The van der Waals surface area contributed by atoms with Crippen molar-refractivity contribution in [1.82, 2.24) is 0 Å². The topological polar surface area (TPSA) is 50.7 Å². The quantitative estimate of drug-likeness (QED) is 0.201. The second-order valence-corrected chi connectivity index (χ2v) is 14.2. The summed E-state index contributed by atoms with van der Waals surface area (Å²) in [7, 11) is 0. The van der Waals surface area contributed by atoms with E-state index in [1.165, 1.54) is 4.88 Å². The van der Waals surface area contributed by atoms with E-state index >= 15 is 0 Å². The van der Waals surface area contributed by atoms with Crippen LogP contribution in [0.1, 0.15) is 59.1 Å². The highest BCUT2D eigenvalue weighted by molar-refractivity contribution is 7.16. The second-order valence-electron chi connectivity index (χ2n) is 11.4. The normalized spacial score (nSPS) is 15.1. The molecule has 0 radical (unpaired) electrons. The Morgan fingerprint density at radius 2 is 1.69 bits per heavy atom. The fourth-order valence-corrected chi connectivity index (χ4v) is 7.07. The van der Waals surface area contributed by atoms with Crippen LogP contribution in [0.4, 0.5) is 10.7 Å². The molecule has 1 aliphatic rings. The van der Waals surface area contributed by atoms with Gasteiger partial charge in [-0.05, 0) is 90.8 Å². The number of carbonyl (C=O) groups is 1. The largest absolute Gasteiger partial charge is 0.488 e. The highest BCUT2D eigenvalue weighted by Crippen LogP contribution is 2.45. The molecule has 0 saturated heterocycles. The van der Waals surface area contributed by atoms with Gasteiger partial charge in [-0.3, -0.25) is 4.79 Å². The number of rotatable bonds is 7. The molecule has 1 atom stereocenters. The van der Waals surface area contributed by atoms with Gasteiger partial charge < -0.3 is 10.1 Å². The average Bonchev–Trinajstić information content (AvgIpc) is 3.31. The summed E-state index contributed by atoms with van der Waals surface area (Å²) in [5.41, 5.74) is 4.05. The zero-order valence-corrected chi connectivity index (χ0v) is 27.3. The van der Waals surface area contributed by atoms with Crippen molar-refractivity contribution >= 4 is 80.6 Å². The molecule has 0 spiro atoms. The molecular formula is C33H30Cl4N2O2S. The lowest BCUT2D eigenvalue weighted by Crippen LogP contribution is -2.27. The highest BCUT2D eigenvalue weighted by Gasteiger charge is 2.33. The van der Waals surface area contributed by atoms with Crippen LogP contribution in [0.2, 0.25) is 20.1 Å². The number of nitrogens with one attached hydrogen (secondary N) is 1. The molecule has 3 aromatic carbocycles. The maximum Gasteiger partial charge on any atom is 0.259 e. The van der Waals surface area contributed by atoms with Gasteiger partial charge in [0.25, 0.3) is 5.91 Å². The van der Waals surface area contributed by atoms with Crippen LogP contribution >= 0.6 is 57.7 Å². The van der Waals surface area contributed by atoms with Crippen molar-refractivity contribution in [3.05, 3.63) is 108 Å². The van der Waals surface area contributed by atoms with Gasteiger partial charge in [0.15, 0.2) is 0 Å². The van der Waals surface area contributed by atoms with Crippen LogP contribution in [0.25, 0.3) is 0 Å². The number of fused-ring (bicyclic) bond motifs is 1. The summed E-state index contributed by atoms with van der Waals surface area (Å²) in [5, 5.41) is 5.94. The van der Waals surface area contributed by atoms with E-state index in [0.717, 1.165) is 30.4 Å². The van der Waals surface area contributed by atoms with Gasteiger partial charge in [-0.2, -0.15) is 0 Å². The molecule has 9 heteroatoms. The lowest BCUT2D eigenvalue weighted by Gasteiger charge is -2.33. The summed E-state index contributed by atoms with van der Waals surface area (Å²) < 4.78 is 6.12. The molecule has 4 aromatic rings. The molecule has 0 unspecified atom stereocenters. The van der Waals surface area contributed by atoms with Gasteiger partial charge in [-0.1, -0.05) is 73.2 Å².